The van der Waals surface area contributed by atoms with Crippen LogP contribution in [-0.2, 0) is 11.3 Å². The molecule has 0 aromatic carbocycles. The van der Waals surface area contributed by atoms with E-state index in [-0.39, 0.29) is 11.7 Å². The van der Waals surface area contributed by atoms with Gasteiger partial charge in [0.15, 0.2) is 0 Å². The maximum atomic E-state index is 11.6. The standard InChI is InChI=1S/C14H19N3O4/c1-2-21-14(20)17-7-5-16(6-8-17)10-12-4-3-11(9-15-12)13(18)19/h3-4,9H,2,5-8,10H2,1H3,(H,18,19). The van der Waals surface area contributed by atoms with Crippen LogP contribution in [0.5, 0.6) is 0 Å². The Kier molecular flexibility index (Phi) is 5.10. The minimum Gasteiger partial charge on any atom is -0.478 e. The van der Waals surface area contributed by atoms with Crippen LogP contribution in [-0.4, -0.2) is 64.7 Å². The number of carboxylic acids is 1. The average Bonchev–Trinajstić information content (AvgIpc) is 2.49. The molecule has 1 aliphatic rings. The van der Waals surface area contributed by atoms with Crippen molar-refractivity contribution in [3.05, 3.63) is 29.6 Å². The molecule has 21 heavy (non-hydrogen) atoms. The molecule has 1 fully saturated rings. The van der Waals surface area contributed by atoms with Crippen LogP contribution in [0.1, 0.15) is 23.0 Å². The number of amides is 1. The Balaban J connectivity index is 1.83. The van der Waals surface area contributed by atoms with Crippen molar-refractivity contribution in [1.82, 2.24) is 14.8 Å². The second-order valence-electron chi connectivity index (χ2n) is 4.81. The van der Waals surface area contributed by atoms with Crippen LogP contribution in [0, 0.1) is 0 Å². The summed E-state index contributed by atoms with van der Waals surface area (Å²) in [5, 5.41) is 8.82. The topological polar surface area (TPSA) is 83.0 Å². The zero-order chi connectivity index (χ0) is 15.2. The van der Waals surface area contributed by atoms with Crippen molar-refractivity contribution in [2.24, 2.45) is 0 Å². The molecule has 1 amide bonds. The highest BCUT2D eigenvalue weighted by Gasteiger charge is 2.22. The molecule has 7 nitrogen and oxygen atoms in total. The first-order valence-corrected chi connectivity index (χ1v) is 6.92. The predicted molar refractivity (Wildman–Crippen MR) is 75.1 cm³/mol. The van der Waals surface area contributed by atoms with Gasteiger partial charge in [0.1, 0.15) is 0 Å². The number of hydrogen-bond acceptors (Lipinski definition) is 5. The molecular weight excluding hydrogens is 274 g/mol. The van der Waals surface area contributed by atoms with Gasteiger partial charge in [-0.2, -0.15) is 0 Å². The van der Waals surface area contributed by atoms with E-state index in [9.17, 15) is 9.59 Å². The van der Waals surface area contributed by atoms with Crippen LogP contribution in [0.4, 0.5) is 4.79 Å². The monoisotopic (exact) mass is 293 g/mol. The molecule has 2 heterocycles. The molecule has 2 rings (SSSR count). The smallest absolute Gasteiger partial charge is 0.409 e. The zero-order valence-corrected chi connectivity index (χ0v) is 12.0. The largest absolute Gasteiger partial charge is 0.478 e. The van der Waals surface area contributed by atoms with Gasteiger partial charge in [0.05, 0.1) is 17.9 Å². The summed E-state index contributed by atoms with van der Waals surface area (Å²) in [4.78, 5) is 30.4. The Morgan fingerprint density at radius 3 is 2.52 bits per heavy atom. The number of aromatic nitrogens is 1. The maximum absolute atomic E-state index is 11.6. The van der Waals surface area contributed by atoms with Crippen molar-refractivity contribution in [2.75, 3.05) is 32.8 Å². The van der Waals surface area contributed by atoms with E-state index >= 15 is 0 Å². The fourth-order valence-electron chi connectivity index (χ4n) is 2.18. The van der Waals surface area contributed by atoms with Crippen LogP contribution in [0.3, 0.4) is 0 Å². The highest BCUT2D eigenvalue weighted by atomic mass is 16.6. The molecule has 0 spiro atoms. The molecule has 114 valence electrons. The number of rotatable bonds is 4. The summed E-state index contributed by atoms with van der Waals surface area (Å²) in [7, 11) is 0. The second-order valence-corrected chi connectivity index (χ2v) is 4.81. The summed E-state index contributed by atoms with van der Waals surface area (Å²) in [6.07, 6.45) is 1.10. The molecule has 1 aromatic heterocycles. The van der Waals surface area contributed by atoms with Gasteiger partial charge in [0.2, 0.25) is 0 Å². The molecule has 1 saturated heterocycles. The third-order valence-electron chi connectivity index (χ3n) is 3.36. The van der Waals surface area contributed by atoms with Gasteiger partial charge in [-0.05, 0) is 19.1 Å². The molecule has 1 aromatic rings. The van der Waals surface area contributed by atoms with E-state index in [2.05, 4.69) is 9.88 Å². The molecule has 0 bridgehead atoms. The van der Waals surface area contributed by atoms with E-state index in [1.807, 2.05) is 0 Å². The van der Waals surface area contributed by atoms with E-state index < -0.39 is 5.97 Å². The lowest BCUT2D eigenvalue weighted by molar-refractivity contribution is 0.0696. The first-order chi connectivity index (χ1) is 10.1. The number of hydrogen-bond donors (Lipinski definition) is 1. The number of carbonyl (C=O) groups is 2. The Hall–Kier alpha value is -2.15. The lowest BCUT2D eigenvalue weighted by atomic mass is 10.2. The Bertz CT molecular complexity index is 495. The summed E-state index contributed by atoms with van der Waals surface area (Å²) in [5.41, 5.74) is 1.01. The van der Waals surface area contributed by atoms with Crippen molar-refractivity contribution in [3.63, 3.8) is 0 Å². The number of ether oxygens (including phenoxy) is 1. The zero-order valence-electron chi connectivity index (χ0n) is 12.0. The number of carboxylic acid groups (broad SMARTS) is 1. The van der Waals surface area contributed by atoms with Gasteiger partial charge in [-0.25, -0.2) is 9.59 Å². The number of pyridine rings is 1. The molecular formula is C14H19N3O4. The Morgan fingerprint density at radius 1 is 1.29 bits per heavy atom. The fraction of sp³-hybridized carbons (Fsp3) is 0.500. The van der Waals surface area contributed by atoms with Crippen molar-refractivity contribution in [1.29, 1.82) is 0 Å². The molecule has 0 aliphatic carbocycles. The minimum atomic E-state index is -0.975. The highest BCUT2D eigenvalue weighted by Crippen LogP contribution is 2.09. The van der Waals surface area contributed by atoms with Crippen molar-refractivity contribution in [3.8, 4) is 0 Å². The normalized spacial score (nSPS) is 15.8. The van der Waals surface area contributed by atoms with E-state index in [1.54, 1.807) is 24.0 Å². The Morgan fingerprint density at radius 2 is 2.00 bits per heavy atom. The maximum Gasteiger partial charge on any atom is 0.409 e. The number of carbonyl (C=O) groups excluding carboxylic acids is 1. The van der Waals surface area contributed by atoms with Gasteiger partial charge >= 0.3 is 12.1 Å². The SMILES string of the molecule is CCOC(=O)N1CCN(Cc2ccc(C(=O)O)cn2)CC1. The highest BCUT2D eigenvalue weighted by molar-refractivity contribution is 5.87. The summed E-state index contributed by atoms with van der Waals surface area (Å²) in [6.45, 7) is 5.59. The van der Waals surface area contributed by atoms with Gasteiger partial charge in [-0.15, -0.1) is 0 Å². The van der Waals surface area contributed by atoms with Crippen molar-refractivity contribution < 1.29 is 19.4 Å². The molecule has 0 atom stereocenters. The van der Waals surface area contributed by atoms with E-state index in [0.717, 1.165) is 18.8 Å². The van der Waals surface area contributed by atoms with Gasteiger partial charge < -0.3 is 14.7 Å². The lowest BCUT2D eigenvalue weighted by Gasteiger charge is -2.33. The molecule has 0 radical (unpaired) electrons. The van der Waals surface area contributed by atoms with Crippen LogP contribution >= 0.6 is 0 Å². The third kappa shape index (κ3) is 4.16. The lowest BCUT2D eigenvalue weighted by Crippen LogP contribution is -2.48. The minimum absolute atomic E-state index is 0.186. The van der Waals surface area contributed by atoms with Gasteiger partial charge in [0.25, 0.3) is 0 Å². The summed E-state index contributed by atoms with van der Waals surface area (Å²) >= 11 is 0. The van der Waals surface area contributed by atoms with Crippen molar-refractivity contribution in [2.45, 2.75) is 13.5 Å². The van der Waals surface area contributed by atoms with Crippen LogP contribution in [0.2, 0.25) is 0 Å². The summed E-state index contributed by atoms with van der Waals surface area (Å²) in [6, 6.07) is 3.28. The quantitative estimate of drug-likeness (QED) is 0.893. The van der Waals surface area contributed by atoms with Gasteiger partial charge in [-0.3, -0.25) is 9.88 Å². The number of aromatic carboxylic acids is 1. The van der Waals surface area contributed by atoms with Gasteiger partial charge in [-0.1, -0.05) is 0 Å². The van der Waals surface area contributed by atoms with E-state index in [1.165, 1.54) is 6.20 Å². The molecule has 1 aliphatic heterocycles. The second kappa shape index (κ2) is 7.03. The average molecular weight is 293 g/mol. The molecule has 1 N–H and O–H groups in total. The molecule has 0 saturated carbocycles. The first kappa shape index (κ1) is 15.2. The first-order valence-electron chi connectivity index (χ1n) is 6.92. The summed E-state index contributed by atoms with van der Waals surface area (Å²) in [5.74, 6) is -0.975. The van der Waals surface area contributed by atoms with Crippen molar-refractivity contribution >= 4 is 12.1 Å². The predicted octanol–water partition coefficient (Wildman–Crippen LogP) is 1.05. The fourth-order valence-corrected chi connectivity index (χ4v) is 2.18. The van der Waals surface area contributed by atoms with Gasteiger partial charge in [0, 0.05) is 38.9 Å². The van der Waals surface area contributed by atoms with Crippen LogP contribution < -0.4 is 0 Å². The van der Waals surface area contributed by atoms with Crippen LogP contribution in [0.25, 0.3) is 0 Å². The number of nitrogens with zero attached hydrogens (tertiary/aromatic N) is 3. The molecule has 0 unspecified atom stereocenters. The summed E-state index contributed by atoms with van der Waals surface area (Å²) < 4.78 is 4.97. The number of piperazine rings is 1. The Labute approximate surface area is 123 Å². The van der Waals surface area contributed by atoms with E-state index in [4.69, 9.17) is 9.84 Å². The molecule has 7 heteroatoms. The third-order valence-corrected chi connectivity index (χ3v) is 3.36. The van der Waals surface area contributed by atoms with E-state index in [0.29, 0.717) is 26.2 Å². The van der Waals surface area contributed by atoms with Crippen LogP contribution in [0.15, 0.2) is 18.3 Å².